The van der Waals surface area contributed by atoms with Crippen LogP contribution in [0.3, 0.4) is 0 Å². The van der Waals surface area contributed by atoms with Crippen LogP contribution in [-0.2, 0) is 19.1 Å². The molecule has 0 aliphatic heterocycles. The number of ketones is 2. The van der Waals surface area contributed by atoms with Crippen LogP contribution in [0.2, 0.25) is 0 Å². The number of ether oxygens (including phenoxy) is 1. The van der Waals surface area contributed by atoms with Crippen LogP contribution < -0.4 is 0 Å². The second kappa shape index (κ2) is 7.67. The standard InChI is InChI=1S/C32H43NO4/c1-27(2)11-13-32(26(36)37-8)14-12-31(7)24(20(32)17-27)21(34)15-23-29(5)16-19(18-33)25(35)28(3,4)22(29)9-10-30(23,31)6/h15-16,20,22,24H,9-14,17H2,1-8H3/t20-,22-,24-,29-,30+,31+,32-/m0/s1/i1D3,2D3,3D3,4D3,5D3,6D3,7D3,8D3,13D2,17D2. The molecule has 0 aromatic heterocycles. The maximum absolute atomic E-state index is 15.5. The normalized spacial score (nSPS) is 62.3. The number of hydrogen-bond donors (Lipinski definition) is 0. The Morgan fingerprint density at radius 2 is 1.95 bits per heavy atom. The van der Waals surface area contributed by atoms with Gasteiger partial charge in [0.25, 0.3) is 0 Å². The first-order valence-corrected chi connectivity index (χ1v) is 11.6. The molecule has 5 nitrogen and oxygen atoms in total. The van der Waals surface area contributed by atoms with Crippen molar-refractivity contribution in [3.05, 3.63) is 23.3 Å². The molecule has 5 aliphatic carbocycles. The Labute approximate surface area is 261 Å². The number of hydrogen-bond acceptors (Lipinski definition) is 5. The van der Waals surface area contributed by atoms with Gasteiger partial charge in [0.2, 0.25) is 0 Å². The number of allylic oxidation sites excluding steroid dienone is 4. The molecule has 5 aliphatic rings. The van der Waals surface area contributed by atoms with Crippen LogP contribution >= 0.6 is 0 Å². The Balaban J connectivity index is 2.16. The zero-order chi connectivity index (χ0) is 51.0. The first-order chi connectivity index (χ1) is 28.5. The van der Waals surface area contributed by atoms with Crippen molar-refractivity contribution in [1.29, 1.82) is 5.26 Å². The van der Waals surface area contributed by atoms with E-state index in [0.29, 0.717) is 0 Å². The van der Waals surface area contributed by atoms with Gasteiger partial charge in [-0.05, 0) is 79.0 Å². The molecule has 0 spiro atoms. The second-order valence-electron chi connectivity index (χ2n) is 10.8. The zero-order valence-corrected chi connectivity index (χ0v) is 19.5. The van der Waals surface area contributed by atoms with Crippen LogP contribution in [0.5, 0.6) is 0 Å². The van der Waals surface area contributed by atoms with Gasteiger partial charge in [-0.25, -0.2) is 0 Å². The van der Waals surface area contributed by atoms with Gasteiger partial charge >= 0.3 is 5.97 Å². The molecular weight excluding hydrogens is 462 g/mol. The minimum absolute atomic E-state index is 0.0996. The summed E-state index contributed by atoms with van der Waals surface area (Å²) >= 11 is 0. The van der Waals surface area contributed by atoms with Gasteiger partial charge in [0.05, 0.1) is 22.1 Å². The number of carbonyl (C=O) groups is 3. The molecule has 3 saturated carbocycles. The summed E-state index contributed by atoms with van der Waals surface area (Å²) in [5.41, 5.74) is -25.2. The third-order valence-electron chi connectivity index (χ3n) is 9.07. The van der Waals surface area contributed by atoms with E-state index in [4.69, 9.17) is 24.7 Å². The van der Waals surface area contributed by atoms with Gasteiger partial charge in [-0.15, -0.1) is 0 Å². The molecule has 200 valence electrons. The fourth-order valence-corrected chi connectivity index (χ4v) is 7.25. The van der Waals surface area contributed by atoms with Crippen molar-refractivity contribution in [2.45, 2.75) is 92.8 Å². The highest BCUT2D eigenvalue weighted by Crippen LogP contribution is 2.74. The third kappa shape index (κ3) is 3.11. The summed E-state index contributed by atoms with van der Waals surface area (Å²) in [7, 11) is -3.84. The molecule has 7 atom stereocenters. The molecule has 3 fully saturated rings. The van der Waals surface area contributed by atoms with Crippen LogP contribution in [0.15, 0.2) is 23.3 Å². The van der Waals surface area contributed by atoms with Crippen LogP contribution in [0.25, 0.3) is 0 Å². The van der Waals surface area contributed by atoms with Crippen molar-refractivity contribution < 1.29 is 57.5 Å². The van der Waals surface area contributed by atoms with Crippen LogP contribution in [-0.4, -0.2) is 24.6 Å². The van der Waals surface area contributed by atoms with E-state index in [-0.39, 0.29) is 12.2 Å². The molecule has 0 radical (unpaired) electrons. The Morgan fingerprint density at radius 1 is 1.11 bits per heavy atom. The first kappa shape index (κ1) is 8.90. The number of carbonyl (C=O) groups excluding carboxylic acids is 3. The van der Waals surface area contributed by atoms with Crippen molar-refractivity contribution in [3.8, 4) is 6.07 Å². The summed E-state index contributed by atoms with van der Waals surface area (Å²) in [6.45, 7) is -28.8. The fraction of sp³-hybridized carbons (Fsp3) is 0.750. The second-order valence-corrected chi connectivity index (χ2v) is 10.8. The summed E-state index contributed by atoms with van der Waals surface area (Å²) < 4.78 is 250. The van der Waals surface area contributed by atoms with Crippen LogP contribution in [0.4, 0.5) is 0 Å². The molecule has 0 amide bonds. The monoisotopic (exact) mass is 533 g/mol. The number of rotatable bonds is 1. The lowest BCUT2D eigenvalue weighted by Crippen LogP contribution is -2.65. The molecule has 0 unspecified atom stereocenters. The quantitative estimate of drug-likeness (QED) is 0.365. The number of Topliss-reactive ketones (excluding diaryl/α,β-unsaturated/α-hetero) is 1. The van der Waals surface area contributed by atoms with Gasteiger partial charge in [-0.2, -0.15) is 5.26 Å². The average Bonchev–Trinajstić information content (AvgIpc) is 3.04. The highest BCUT2D eigenvalue weighted by Gasteiger charge is 2.71. The molecule has 0 bridgehead atoms. The van der Waals surface area contributed by atoms with E-state index in [1.807, 2.05) is 0 Å². The molecule has 0 aromatic rings. The lowest BCUT2D eigenvalue weighted by molar-refractivity contribution is -0.191. The van der Waals surface area contributed by atoms with Crippen molar-refractivity contribution in [2.75, 3.05) is 7.04 Å². The van der Waals surface area contributed by atoms with E-state index in [1.165, 1.54) is 6.07 Å². The minimum atomic E-state index is -4.29. The number of methoxy groups -OCH3 is 1. The Bertz CT molecular complexity index is 2130. The maximum Gasteiger partial charge on any atom is 0.312 e. The number of fused-ring (bicyclic) bond motifs is 7. The number of nitriles is 1. The molecule has 37 heavy (non-hydrogen) atoms. The van der Waals surface area contributed by atoms with E-state index in [2.05, 4.69) is 4.74 Å². The van der Waals surface area contributed by atoms with Crippen molar-refractivity contribution in [3.63, 3.8) is 0 Å². The van der Waals surface area contributed by atoms with E-state index >= 15 is 4.79 Å². The summed E-state index contributed by atoms with van der Waals surface area (Å²) in [6.07, 6.45) is -15.5. The highest BCUT2D eigenvalue weighted by atomic mass is 16.5. The first-order valence-electron chi connectivity index (χ1n) is 25.6. The largest absolute Gasteiger partial charge is 0.469 e. The van der Waals surface area contributed by atoms with Crippen molar-refractivity contribution >= 4 is 17.5 Å². The Morgan fingerprint density at radius 3 is 2.59 bits per heavy atom. The minimum Gasteiger partial charge on any atom is -0.469 e. The van der Waals surface area contributed by atoms with Gasteiger partial charge in [-0.3, -0.25) is 14.4 Å². The van der Waals surface area contributed by atoms with Gasteiger partial charge in [0, 0.05) is 51.0 Å². The van der Waals surface area contributed by atoms with Gasteiger partial charge in [0.15, 0.2) is 11.6 Å². The molecular formula is C32H43NO4. The molecule has 0 heterocycles. The lowest BCUT2D eigenvalue weighted by Gasteiger charge is -2.68. The zero-order valence-electron chi connectivity index (χ0n) is 47.5. The van der Waals surface area contributed by atoms with Gasteiger partial charge < -0.3 is 4.74 Å². The Kier molecular flexibility index (Phi) is 1.85. The van der Waals surface area contributed by atoms with Crippen LogP contribution in [0.1, 0.15) is 131 Å². The summed E-state index contributed by atoms with van der Waals surface area (Å²) in [6, 6.07) is 1.27. The van der Waals surface area contributed by atoms with E-state index in [1.54, 1.807) is 0 Å². The summed E-state index contributed by atoms with van der Waals surface area (Å²) in [4.78, 5) is 44.3. The summed E-state index contributed by atoms with van der Waals surface area (Å²) in [5.74, 6) is -15.2. The third-order valence-corrected chi connectivity index (χ3v) is 9.07. The van der Waals surface area contributed by atoms with Gasteiger partial charge in [-0.1, -0.05) is 59.6 Å². The molecule has 5 heteroatoms. The SMILES string of the molecule is [2H]C([2H])([2H])OC(=O)[C@@]12CC[C@]3(C([2H])([2H])[2H])[C@H](C(=O)C=C4[C@@]5(C([2H])([2H])[2H])C=C(C#N)C(=O)C(C([2H])([2H])[2H])(C([2H])([2H])[2H])[C@@H]5CC[C@]43C([2H])([2H])[2H])[C@@H]1C([2H])([2H])C(C([2H])([2H])[2H])(C([2H])([2H])[2H])CC2([2H])[2H]. The predicted octanol–water partition coefficient (Wildman–Crippen LogP) is 6.38. The molecule has 0 aromatic carbocycles. The van der Waals surface area contributed by atoms with E-state index in [0.717, 1.165) is 0 Å². The number of esters is 1. The smallest absolute Gasteiger partial charge is 0.312 e. The predicted molar refractivity (Wildman–Crippen MR) is 141 cm³/mol. The maximum atomic E-state index is 15.5. The lowest BCUT2D eigenvalue weighted by atomic mass is 9.34. The highest BCUT2D eigenvalue weighted by molar-refractivity contribution is 6.04. The average molecular weight is 534 g/mol. The summed E-state index contributed by atoms with van der Waals surface area (Å²) in [5, 5.41) is 10.3. The molecule has 0 saturated heterocycles. The van der Waals surface area contributed by atoms with Crippen molar-refractivity contribution in [1.82, 2.24) is 0 Å². The van der Waals surface area contributed by atoms with Crippen molar-refractivity contribution in [2.24, 2.45) is 50.2 Å². The van der Waals surface area contributed by atoms with Gasteiger partial charge in [0.1, 0.15) is 6.07 Å². The topological polar surface area (TPSA) is 84.2 Å². The Hall–Kier alpha value is -2.22. The molecule has 0 N–H and O–H groups in total. The van der Waals surface area contributed by atoms with Crippen LogP contribution in [0, 0.1) is 61.6 Å². The van der Waals surface area contributed by atoms with E-state index in [9.17, 15) is 28.6 Å². The fourth-order valence-electron chi connectivity index (χ4n) is 7.25. The number of nitrogens with zero attached hydrogens (tertiary/aromatic N) is 1. The molecule has 5 rings (SSSR count). The van der Waals surface area contributed by atoms with E-state index < -0.39 is 179 Å².